The third kappa shape index (κ3) is 2.30. The normalized spacial score (nSPS) is 10.5. The van der Waals surface area contributed by atoms with Gasteiger partial charge in [-0.15, -0.1) is 5.10 Å². The van der Waals surface area contributed by atoms with Crippen molar-refractivity contribution in [2.75, 3.05) is 14.2 Å². The smallest absolute Gasteiger partial charge is 0.259 e. The number of methoxy groups -OCH3 is 2. The van der Waals surface area contributed by atoms with E-state index < -0.39 is 0 Å². The van der Waals surface area contributed by atoms with Crippen LogP contribution in [0.25, 0.3) is 22.5 Å². The van der Waals surface area contributed by atoms with E-state index in [2.05, 4.69) is 25.6 Å². The summed E-state index contributed by atoms with van der Waals surface area (Å²) in [6.45, 7) is 0. The lowest BCUT2D eigenvalue weighted by Crippen LogP contribution is -2.10. The number of hydrogen-bond donors (Lipinski definition) is 2. The van der Waals surface area contributed by atoms with Crippen LogP contribution in [0.2, 0.25) is 0 Å². The summed E-state index contributed by atoms with van der Waals surface area (Å²) in [5.74, 6) is 1.48. The highest BCUT2D eigenvalue weighted by Gasteiger charge is 2.16. The zero-order chi connectivity index (χ0) is 15.5. The molecule has 112 valence electrons. The van der Waals surface area contributed by atoms with E-state index in [1.807, 2.05) is 6.07 Å². The van der Waals surface area contributed by atoms with Gasteiger partial charge in [-0.05, 0) is 39.8 Å². The molecule has 0 saturated heterocycles. The maximum Gasteiger partial charge on any atom is 0.259 e. The van der Waals surface area contributed by atoms with Crippen LogP contribution in [0.1, 0.15) is 0 Å². The number of ether oxygens (including phenoxy) is 2. The van der Waals surface area contributed by atoms with E-state index in [4.69, 9.17) is 9.47 Å². The van der Waals surface area contributed by atoms with Crippen molar-refractivity contribution in [1.82, 2.24) is 25.6 Å². The standard InChI is InChI=1S/C14H13N5O3/c1-21-10-4-3-8(7-11(10)22-2)9-5-6-15-14(20)12(9)13-16-18-19-17-13/h3-7H,1-2H3,(H,15,20)(H,16,17,18,19). The van der Waals surface area contributed by atoms with Gasteiger partial charge in [-0.1, -0.05) is 6.07 Å². The van der Waals surface area contributed by atoms with Crippen molar-refractivity contribution < 1.29 is 9.47 Å². The quantitative estimate of drug-likeness (QED) is 0.750. The highest BCUT2D eigenvalue weighted by atomic mass is 16.5. The summed E-state index contributed by atoms with van der Waals surface area (Å²) >= 11 is 0. The Hall–Kier alpha value is -3.16. The van der Waals surface area contributed by atoms with Crippen LogP contribution in [0.3, 0.4) is 0 Å². The summed E-state index contributed by atoms with van der Waals surface area (Å²) < 4.78 is 10.5. The maximum absolute atomic E-state index is 12.2. The minimum Gasteiger partial charge on any atom is -0.493 e. The van der Waals surface area contributed by atoms with Gasteiger partial charge >= 0.3 is 0 Å². The number of nitrogens with one attached hydrogen (secondary N) is 2. The number of tetrazole rings is 1. The molecule has 2 aromatic heterocycles. The molecule has 0 bridgehead atoms. The Morgan fingerprint density at radius 1 is 1.09 bits per heavy atom. The zero-order valence-corrected chi connectivity index (χ0v) is 12.0. The minimum atomic E-state index is -0.286. The first kappa shape index (κ1) is 13.8. The van der Waals surface area contributed by atoms with E-state index in [0.29, 0.717) is 28.5 Å². The number of pyridine rings is 1. The first-order chi connectivity index (χ1) is 10.7. The molecule has 0 amide bonds. The van der Waals surface area contributed by atoms with E-state index in [1.165, 1.54) is 0 Å². The fourth-order valence-electron chi connectivity index (χ4n) is 2.22. The summed E-state index contributed by atoms with van der Waals surface area (Å²) in [6, 6.07) is 7.18. The van der Waals surface area contributed by atoms with Gasteiger partial charge in [0.15, 0.2) is 17.3 Å². The molecule has 2 N–H and O–H groups in total. The Morgan fingerprint density at radius 2 is 1.91 bits per heavy atom. The molecule has 22 heavy (non-hydrogen) atoms. The Kier molecular flexibility index (Phi) is 3.57. The first-order valence-electron chi connectivity index (χ1n) is 6.42. The van der Waals surface area contributed by atoms with Gasteiger partial charge in [-0.25, -0.2) is 5.10 Å². The zero-order valence-electron chi connectivity index (χ0n) is 12.0. The van der Waals surface area contributed by atoms with E-state index in [9.17, 15) is 4.79 Å². The molecule has 0 fully saturated rings. The Morgan fingerprint density at radius 3 is 2.59 bits per heavy atom. The molecular formula is C14H13N5O3. The molecule has 3 aromatic rings. The third-order valence-corrected chi connectivity index (χ3v) is 3.24. The third-order valence-electron chi connectivity index (χ3n) is 3.24. The van der Waals surface area contributed by atoms with Crippen LogP contribution in [0, 0.1) is 0 Å². The molecule has 0 aliphatic carbocycles. The number of rotatable bonds is 4. The number of aromatic amines is 2. The van der Waals surface area contributed by atoms with Crippen molar-refractivity contribution in [1.29, 1.82) is 0 Å². The van der Waals surface area contributed by atoms with E-state index >= 15 is 0 Å². The fourth-order valence-corrected chi connectivity index (χ4v) is 2.22. The molecule has 0 atom stereocenters. The van der Waals surface area contributed by atoms with Crippen LogP contribution < -0.4 is 15.0 Å². The van der Waals surface area contributed by atoms with Gasteiger partial charge in [0.2, 0.25) is 0 Å². The van der Waals surface area contributed by atoms with E-state index in [-0.39, 0.29) is 5.56 Å². The van der Waals surface area contributed by atoms with Crippen LogP contribution >= 0.6 is 0 Å². The summed E-state index contributed by atoms with van der Waals surface area (Å²) in [6.07, 6.45) is 1.57. The summed E-state index contributed by atoms with van der Waals surface area (Å²) in [7, 11) is 3.12. The lowest BCUT2D eigenvalue weighted by molar-refractivity contribution is 0.355. The molecule has 0 unspecified atom stereocenters. The van der Waals surface area contributed by atoms with Gasteiger partial charge in [0.1, 0.15) is 0 Å². The molecule has 3 rings (SSSR count). The Balaban J connectivity index is 2.21. The number of H-pyrrole nitrogens is 2. The summed E-state index contributed by atoms with van der Waals surface area (Å²) in [5.41, 5.74) is 1.55. The van der Waals surface area contributed by atoms with E-state index in [0.717, 1.165) is 5.56 Å². The van der Waals surface area contributed by atoms with Gasteiger partial charge in [-0.3, -0.25) is 4.79 Å². The molecule has 0 radical (unpaired) electrons. The SMILES string of the molecule is COc1ccc(-c2cc[nH]c(=O)c2-c2nnn[nH]2)cc1OC. The van der Waals surface area contributed by atoms with Crippen molar-refractivity contribution in [3.8, 4) is 34.0 Å². The molecule has 2 heterocycles. The Labute approximate surface area is 125 Å². The van der Waals surface area contributed by atoms with E-state index in [1.54, 1.807) is 38.6 Å². The molecule has 8 heteroatoms. The summed E-state index contributed by atoms with van der Waals surface area (Å²) in [4.78, 5) is 14.8. The maximum atomic E-state index is 12.2. The van der Waals surface area contributed by atoms with Gasteiger partial charge in [0, 0.05) is 6.20 Å². The summed E-state index contributed by atoms with van der Waals surface area (Å²) in [5, 5.41) is 13.5. The molecule has 0 spiro atoms. The molecule has 1 aromatic carbocycles. The van der Waals surface area contributed by atoms with Crippen molar-refractivity contribution in [2.24, 2.45) is 0 Å². The van der Waals surface area contributed by atoms with Crippen LogP contribution in [0.5, 0.6) is 11.5 Å². The van der Waals surface area contributed by atoms with Gasteiger partial charge < -0.3 is 14.5 Å². The number of aromatic nitrogens is 5. The van der Waals surface area contributed by atoms with Crippen LogP contribution in [-0.2, 0) is 0 Å². The largest absolute Gasteiger partial charge is 0.493 e. The average Bonchev–Trinajstić information content (AvgIpc) is 3.08. The predicted molar refractivity (Wildman–Crippen MR) is 78.8 cm³/mol. The number of nitrogens with zero attached hydrogens (tertiary/aromatic N) is 3. The van der Waals surface area contributed by atoms with Crippen LogP contribution in [0.15, 0.2) is 35.3 Å². The highest BCUT2D eigenvalue weighted by molar-refractivity contribution is 5.80. The topological polar surface area (TPSA) is 106 Å². The van der Waals surface area contributed by atoms with Crippen LogP contribution in [-0.4, -0.2) is 39.8 Å². The number of hydrogen-bond acceptors (Lipinski definition) is 6. The Bertz CT molecular complexity index is 842. The first-order valence-corrected chi connectivity index (χ1v) is 6.42. The van der Waals surface area contributed by atoms with Gasteiger partial charge in [0.05, 0.1) is 19.8 Å². The highest BCUT2D eigenvalue weighted by Crippen LogP contribution is 2.34. The predicted octanol–water partition coefficient (Wildman–Crippen LogP) is 1.24. The second-order valence-electron chi connectivity index (χ2n) is 4.42. The van der Waals surface area contributed by atoms with Gasteiger partial charge in [0.25, 0.3) is 5.56 Å². The monoisotopic (exact) mass is 299 g/mol. The lowest BCUT2D eigenvalue weighted by Gasteiger charge is -2.11. The minimum absolute atomic E-state index is 0.286. The second kappa shape index (κ2) is 5.68. The fraction of sp³-hybridized carbons (Fsp3) is 0.143. The molecule has 0 aliphatic heterocycles. The van der Waals surface area contributed by atoms with Crippen molar-refractivity contribution in [3.63, 3.8) is 0 Å². The number of benzene rings is 1. The molecule has 8 nitrogen and oxygen atoms in total. The lowest BCUT2D eigenvalue weighted by atomic mass is 10.0. The van der Waals surface area contributed by atoms with Crippen molar-refractivity contribution in [2.45, 2.75) is 0 Å². The van der Waals surface area contributed by atoms with Gasteiger partial charge in [-0.2, -0.15) is 0 Å². The van der Waals surface area contributed by atoms with Crippen LogP contribution in [0.4, 0.5) is 0 Å². The van der Waals surface area contributed by atoms with Crippen molar-refractivity contribution in [3.05, 3.63) is 40.8 Å². The molecule has 0 saturated carbocycles. The van der Waals surface area contributed by atoms with Crippen molar-refractivity contribution >= 4 is 0 Å². The molecular weight excluding hydrogens is 286 g/mol. The average molecular weight is 299 g/mol. The molecule has 0 aliphatic rings. The second-order valence-corrected chi connectivity index (χ2v) is 4.42.